The van der Waals surface area contributed by atoms with Crippen LogP contribution in [0.1, 0.15) is 16.2 Å². The first-order valence-corrected chi connectivity index (χ1v) is 6.00. The number of pyridine rings is 1. The molecule has 0 unspecified atom stereocenters. The van der Waals surface area contributed by atoms with E-state index >= 15 is 0 Å². The van der Waals surface area contributed by atoms with Gasteiger partial charge in [0.15, 0.2) is 0 Å². The standard InChI is InChI=1S/C11H13N7O3/c1-17-6-15-16-9(17)2-3-13-11(19)8-4-7(18(20)21)5-14-10(8)12/h4-6H,2-3H2,1H3,(H2,12,14)(H,13,19). The molecule has 0 aliphatic rings. The number of aryl methyl sites for hydroxylation is 1. The molecule has 0 spiro atoms. The van der Waals surface area contributed by atoms with E-state index in [2.05, 4.69) is 20.5 Å². The molecule has 0 saturated heterocycles. The predicted octanol–water partition coefficient (Wildman–Crippen LogP) is -0.327. The molecule has 2 heterocycles. The largest absolute Gasteiger partial charge is 0.383 e. The van der Waals surface area contributed by atoms with Gasteiger partial charge in [-0.15, -0.1) is 10.2 Å². The number of aromatic nitrogens is 4. The van der Waals surface area contributed by atoms with E-state index in [9.17, 15) is 14.9 Å². The number of carbonyl (C=O) groups excluding carboxylic acids is 1. The normalized spacial score (nSPS) is 10.3. The minimum atomic E-state index is -0.636. The number of hydrogen-bond donors (Lipinski definition) is 2. The van der Waals surface area contributed by atoms with E-state index in [-0.39, 0.29) is 17.1 Å². The van der Waals surface area contributed by atoms with Gasteiger partial charge in [-0.25, -0.2) is 4.98 Å². The van der Waals surface area contributed by atoms with Crippen molar-refractivity contribution >= 4 is 17.4 Å². The zero-order valence-electron chi connectivity index (χ0n) is 11.2. The van der Waals surface area contributed by atoms with Crippen molar-refractivity contribution in [3.63, 3.8) is 0 Å². The van der Waals surface area contributed by atoms with E-state index in [1.54, 1.807) is 17.9 Å². The lowest BCUT2D eigenvalue weighted by Gasteiger charge is -2.06. The van der Waals surface area contributed by atoms with Gasteiger partial charge in [-0.05, 0) is 0 Å². The third kappa shape index (κ3) is 3.29. The Morgan fingerprint density at radius 2 is 2.33 bits per heavy atom. The van der Waals surface area contributed by atoms with Crippen LogP contribution < -0.4 is 11.1 Å². The summed E-state index contributed by atoms with van der Waals surface area (Å²) >= 11 is 0. The van der Waals surface area contributed by atoms with Gasteiger partial charge in [0.1, 0.15) is 24.2 Å². The van der Waals surface area contributed by atoms with Crippen LogP contribution in [0.5, 0.6) is 0 Å². The van der Waals surface area contributed by atoms with Crippen LogP contribution >= 0.6 is 0 Å². The van der Waals surface area contributed by atoms with Crippen molar-refractivity contribution in [2.24, 2.45) is 7.05 Å². The number of nitrogens with one attached hydrogen (secondary N) is 1. The Kier molecular flexibility index (Phi) is 4.07. The van der Waals surface area contributed by atoms with Gasteiger partial charge in [-0.2, -0.15) is 0 Å². The van der Waals surface area contributed by atoms with Crippen LogP contribution in [-0.4, -0.2) is 37.1 Å². The molecule has 21 heavy (non-hydrogen) atoms. The number of nitrogen functional groups attached to an aromatic ring is 1. The van der Waals surface area contributed by atoms with Crippen LogP contribution in [0.25, 0.3) is 0 Å². The predicted molar refractivity (Wildman–Crippen MR) is 72.3 cm³/mol. The zero-order valence-corrected chi connectivity index (χ0v) is 11.2. The Morgan fingerprint density at radius 3 is 2.95 bits per heavy atom. The molecule has 0 aliphatic heterocycles. The smallest absolute Gasteiger partial charge is 0.288 e. The summed E-state index contributed by atoms with van der Waals surface area (Å²) in [5.41, 5.74) is 5.24. The van der Waals surface area contributed by atoms with Gasteiger partial charge in [0, 0.05) is 26.1 Å². The molecule has 0 atom stereocenters. The molecule has 2 aromatic rings. The van der Waals surface area contributed by atoms with Gasteiger partial charge in [0.25, 0.3) is 11.6 Å². The Hall–Kier alpha value is -3.04. The van der Waals surface area contributed by atoms with Gasteiger partial charge < -0.3 is 15.6 Å². The summed E-state index contributed by atoms with van der Waals surface area (Å²) in [7, 11) is 1.79. The average Bonchev–Trinajstić information content (AvgIpc) is 2.84. The fourth-order valence-corrected chi connectivity index (χ4v) is 1.66. The van der Waals surface area contributed by atoms with Crippen LogP contribution in [0.15, 0.2) is 18.6 Å². The van der Waals surface area contributed by atoms with E-state index in [4.69, 9.17) is 5.73 Å². The van der Waals surface area contributed by atoms with Gasteiger partial charge in [-0.3, -0.25) is 14.9 Å². The minimum Gasteiger partial charge on any atom is -0.383 e. The topological polar surface area (TPSA) is 142 Å². The lowest BCUT2D eigenvalue weighted by molar-refractivity contribution is -0.385. The first-order chi connectivity index (χ1) is 9.99. The second-order valence-electron chi connectivity index (χ2n) is 4.25. The van der Waals surface area contributed by atoms with Crippen molar-refractivity contribution in [3.05, 3.63) is 40.1 Å². The average molecular weight is 291 g/mol. The maximum atomic E-state index is 12.0. The molecule has 10 heteroatoms. The number of amides is 1. The summed E-state index contributed by atoms with van der Waals surface area (Å²) < 4.78 is 1.73. The zero-order chi connectivity index (χ0) is 15.4. The summed E-state index contributed by atoms with van der Waals surface area (Å²) in [4.78, 5) is 25.6. The van der Waals surface area contributed by atoms with Crippen molar-refractivity contribution in [2.45, 2.75) is 6.42 Å². The number of nitrogens with two attached hydrogens (primary N) is 1. The molecular weight excluding hydrogens is 278 g/mol. The SMILES string of the molecule is Cn1cnnc1CCNC(=O)c1cc([N+](=O)[O-])cnc1N. The van der Waals surface area contributed by atoms with Gasteiger partial charge in [-0.1, -0.05) is 0 Å². The van der Waals surface area contributed by atoms with Crippen molar-refractivity contribution in [2.75, 3.05) is 12.3 Å². The van der Waals surface area contributed by atoms with Crippen LogP contribution in [0.4, 0.5) is 11.5 Å². The van der Waals surface area contributed by atoms with Gasteiger partial charge in [0.2, 0.25) is 0 Å². The number of rotatable bonds is 5. The van der Waals surface area contributed by atoms with Crippen LogP contribution in [0.2, 0.25) is 0 Å². The lowest BCUT2D eigenvalue weighted by Crippen LogP contribution is -2.27. The number of nitrogens with zero attached hydrogens (tertiary/aromatic N) is 5. The molecule has 110 valence electrons. The summed E-state index contributed by atoms with van der Waals surface area (Å²) in [6, 6.07) is 1.10. The number of carbonyl (C=O) groups is 1. The Bertz CT molecular complexity index is 682. The minimum absolute atomic E-state index is 0.0258. The summed E-state index contributed by atoms with van der Waals surface area (Å²) in [5, 5.41) is 20.9. The quantitative estimate of drug-likeness (QED) is 0.567. The molecule has 0 bridgehead atoms. The molecule has 10 nitrogen and oxygen atoms in total. The highest BCUT2D eigenvalue weighted by Crippen LogP contribution is 2.16. The Balaban J connectivity index is 2.01. The van der Waals surface area contributed by atoms with E-state index in [0.717, 1.165) is 12.3 Å². The maximum Gasteiger partial charge on any atom is 0.288 e. The second-order valence-corrected chi connectivity index (χ2v) is 4.25. The third-order valence-corrected chi connectivity index (χ3v) is 2.80. The molecule has 0 saturated carbocycles. The van der Waals surface area contributed by atoms with Crippen LogP contribution in [0.3, 0.4) is 0 Å². The Morgan fingerprint density at radius 1 is 1.57 bits per heavy atom. The van der Waals surface area contributed by atoms with Gasteiger partial charge >= 0.3 is 0 Å². The first-order valence-electron chi connectivity index (χ1n) is 6.00. The first kappa shape index (κ1) is 14.4. The fraction of sp³-hybridized carbons (Fsp3) is 0.273. The van der Waals surface area contributed by atoms with Crippen LogP contribution in [0, 0.1) is 10.1 Å². The highest BCUT2D eigenvalue weighted by Gasteiger charge is 2.16. The molecule has 1 amide bonds. The van der Waals surface area contributed by atoms with E-state index in [1.165, 1.54) is 0 Å². The molecule has 0 aliphatic carbocycles. The lowest BCUT2D eigenvalue weighted by atomic mass is 10.2. The summed E-state index contributed by atoms with van der Waals surface area (Å²) in [6.45, 7) is 0.299. The van der Waals surface area contributed by atoms with Crippen molar-refractivity contribution in [1.82, 2.24) is 25.1 Å². The van der Waals surface area contributed by atoms with E-state index in [0.29, 0.717) is 18.8 Å². The molecule has 2 rings (SSSR count). The third-order valence-electron chi connectivity index (χ3n) is 2.80. The monoisotopic (exact) mass is 291 g/mol. The fourth-order valence-electron chi connectivity index (χ4n) is 1.66. The number of hydrogen-bond acceptors (Lipinski definition) is 7. The molecule has 3 N–H and O–H groups in total. The highest BCUT2D eigenvalue weighted by atomic mass is 16.6. The number of anilines is 1. The molecule has 0 radical (unpaired) electrons. The van der Waals surface area contributed by atoms with Crippen LogP contribution in [-0.2, 0) is 13.5 Å². The molecule has 2 aromatic heterocycles. The summed E-state index contributed by atoms with van der Waals surface area (Å²) in [6.07, 6.45) is 3.04. The van der Waals surface area contributed by atoms with E-state index < -0.39 is 10.8 Å². The second kappa shape index (κ2) is 5.94. The van der Waals surface area contributed by atoms with Crippen molar-refractivity contribution in [3.8, 4) is 0 Å². The number of nitro groups is 1. The van der Waals surface area contributed by atoms with E-state index in [1.807, 2.05) is 0 Å². The van der Waals surface area contributed by atoms with Gasteiger partial charge in [0.05, 0.1) is 10.5 Å². The van der Waals surface area contributed by atoms with Crippen molar-refractivity contribution in [1.29, 1.82) is 0 Å². The molecular formula is C11H13N7O3. The van der Waals surface area contributed by atoms with Crippen molar-refractivity contribution < 1.29 is 9.72 Å². The molecule has 0 aromatic carbocycles. The maximum absolute atomic E-state index is 12.0. The molecule has 0 fully saturated rings. The summed E-state index contributed by atoms with van der Waals surface area (Å²) in [5.74, 6) is 0.128. The Labute approximate surface area is 119 Å². The highest BCUT2D eigenvalue weighted by molar-refractivity contribution is 5.98.